The molecule has 0 fully saturated rings. The van der Waals surface area contributed by atoms with Crippen molar-refractivity contribution < 1.29 is 8.42 Å². The Kier molecular flexibility index (Phi) is 2.52. The SMILES string of the molecule is CCS(=O)(=O)Cc1cnc(C)[nH]1. The van der Waals surface area contributed by atoms with E-state index >= 15 is 0 Å². The molecule has 1 heterocycles. The van der Waals surface area contributed by atoms with Crippen LogP contribution in [0.3, 0.4) is 0 Å². The molecule has 0 atom stereocenters. The molecule has 1 aromatic rings. The Hall–Kier alpha value is -0.840. The Labute approximate surface area is 71.9 Å². The molecule has 1 rings (SSSR count). The van der Waals surface area contributed by atoms with Gasteiger partial charge in [0.1, 0.15) is 5.82 Å². The molecule has 1 N–H and O–H groups in total. The molecule has 0 aliphatic heterocycles. The van der Waals surface area contributed by atoms with E-state index in [0.717, 1.165) is 5.82 Å². The van der Waals surface area contributed by atoms with Crippen LogP contribution in [0.1, 0.15) is 18.4 Å². The number of sulfone groups is 1. The first kappa shape index (κ1) is 9.25. The highest BCUT2D eigenvalue weighted by Crippen LogP contribution is 2.03. The highest BCUT2D eigenvalue weighted by Gasteiger charge is 2.09. The van der Waals surface area contributed by atoms with Gasteiger partial charge in [0.15, 0.2) is 9.84 Å². The summed E-state index contributed by atoms with van der Waals surface area (Å²) >= 11 is 0. The zero-order valence-electron chi connectivity index (χ0n) is 7.16. The summed E-state index contributed by atoms with van der Waals surface area (Å²) in [5.41, 5.74) is 0.661. The van der Waals surface area contributed by atoms with Gasteiger partial charge < -0.3 is 4.98 Å². The first-order valence-corrected chi connectivity index (χ1v) is 5.56. The van der Waals surface area contributed by atoms with Crippen LogP contribution in [0.4, 0.5) is 0 Å². The van der Waals surface area contributed by atoms with E-state index < -0.39 is 9.84 Å². The van der Waals surface area contributed by atoms with E-state index in [1.807, 2.05) is 0 Å². The van der Waals surface area contributed by atoms with E-state index in [4.69, 9.17) is 0 Å². The molecule has 0 amide bonds. The average Bonchev–Trinajstić information content (AvgIpc) is 2.35. The minimum atomic E-state index is -2.93. The lowest BCUT2D eigenvalue weighted by Crippen LogP contribution is -2.06. The molecule has 0 radical (unpaired) electrons. The second-order valence-electron chi connectivity index (χ2n) is 2.67. The van der Waals surface area contributed by atoms with Crippen LogP contribution < -0.4 is 0 Å². The summed E-state index contributed by atoms with van der Waals surface area (Å²) < 4.78 is 22.3. The number of aryl methyl sites for hydroxylation is 1. The quantitative estimate of drug-likeness (QED) is 0.757. The monoisotopic (exact) mass is 188 g/mol. The Morgan fingerprint density at radius 2 is 2.25 bits per heavy atom. The molecule has 1 aromatic heterocycles. The number of hydrogen-bond acceptors (Lipinski definition) is 3. The zero-order valence-corrected chi connectivity index (χ0v) is 7.98. The molecule has 0 bridgehead atoms. The van der Waals surface area contributed by atoms with E-state index in [0.29, 0.717) is 5.69 Å². The van der Waals surface area contributed by atoms with Crippen molar-refractivity contribution in [2.45, 2.75) is 19.6 Å². The number of aromatic nitrogens is 2. The second-order valence-corrected chi connectivity index (χ2v) is 5.02. The van der Waals surface area contributed by atoms with Crippen LogP contribution in [-0.2, 0) is 15.6 Å². The summed E-state index contributed by atoms with van der Waals surface area (Å²) in [6, 6.07) is 0. The number of nitrogens with one attached hydrogen (secondary N) is 1. The number of H-pyrrole nitrogens is 1. The van der Waals surface area contributed by atoms with Gasteiger partial charge in [-0.1, -0.05) is 6.92 Å². The van der Waals surface area contributed by atoms with Crippen molar-refractivity contribution in [3.8, 4) is 0 Å². The van der Waals surface area contributed by atoms with Crippen LogP contribution in [-0.4, -0.2) is 24.1 Å². The molecule has 0 saturated carbocycles. The number of rotatable bonds is 3. The molecule has 0 unspecified atom stereocenters. The van der Waals surface area contributed by atoms with Gasteiger partial charge in [-0.25, -0.2) is 13.4 Å². The van der Waals surface area contributed by atoms with Gasteiger partial charge in [0.2, 0.25) is 0 Å². The maximum atomic E-state index is 11.1. The molecule has 0 aliphatic carbocycles. The lowest BCUT2D eigenvalue weighted by Gasteiger charge is -1.96. The summed E-state index contributed by atoms with van der Waals surface area (Å²) in [6.07, 6.45) is 1.56. The average molecular weight is 188 g/mol. The maximum Gasteiger partial charge on any atom is 0.155 e. The number of aromatic amines is 1. The predicted molar refractivity (Wildman–Crippen MR) is 46.5 cm³/mol. The molecule has 5 heteroatoms. The van der Waals surface area contributed by atoms with Gasteiger partial charge in [-0.15, -0.1) is 0 Å². The van der Waals surface area contributed by atoms with Gasteiger partial charge in [0, 0.05) is 17.6 Å². The molecule has 0 aromatic carbocycles. The Morgan fingerprint density at radius 1 is 1.58 bits per heavy atom. The Balaban J connectivity index is 2.77. The molecular weight excluding hydrogens is 176 g/mol. The fraction of sp³-hybridized carbons (Fsp3) is 0.571. The van der Waals surface area contributed by atoms with Crippen LogP contribution in [0.25, 0.3) is 0 Å². The van der Waals surface area contributed by atoms with Crippen LogP contribution in [0.15, 0.2) is 6.20 Å². The molecule has 4 nitrogen and oxygen atoms in total. The van der Waals surface area contributed by atoms with Gasteiger partial charge in [0.05, 0.1) is 5.75 Å². The zero-order chi connectivity index (χ0) is 9.19. The Morgan fingerprint density at radius 3 is 2.67 bits per heavy atom. The Bertz CT molecular complexity index is 353. The third-order valence-corrected chi connectivity index (χ3v) is 3.20. The standard InChI is InChI=1S/C7H12N2O2S/c1-3-12(10,11)5-7-4-8-6(2)9-7/h4H,3,5H2,1-2H3,(H,8,9). The van der Waals surface area contributed by atoms with Crippen LogP contribution in [0.2, 0.25) is 0 Å². The van der Waals surface area contributed by atoms with E-state index in [-0.39, 0.29) is 11.5 Å². The summed E-state index contributed by atoms with van der Waals surface area (Å²) in [6.45, 7) is 3.43. The van der Waals surface area contributed by atoms with Crippen molar-refractivity contribution in [3.63, 3.8) is 0 Å². The molecule has 0 spiro atoms. The van der Waals surface area contributed by atoms with Crippen molar-refractivity contribution in [1.29, 1.82) is 0 Å². The normalized spacial score (nSPS) is 11.8. The van der Waals surface area contributed by atoms with Gasteiger partial charge in [-0.05, 0) is 6.92 Å². The second kappa shape index (κ2) is 3.26. The lowest BCUT2D eigenvalue weighted by molar-refractivity contribution is 0.596. The smallest absolute Gasteiger partial charge is 0.155 e. The fourth-order valence-corrected chi connectivity index (χ4v) is 1.71. The summed E-state index contributed by atoms with van der Waals surface area (Å²) in [7, 11) is -2.93. The van der Waals surface area contributed by atoms with Crippen LogP contribution >= 0.6 is 0 Å². The van der Waals surface area contributed by atoms with Crippen molar-refractivity contribution >= 4 is 9.84 Å². The third kappa shape index (κ3) is 2.34. The number of nitrogens with zero attached hydrogens (tertiary/aromatic N) is 1. The van der Waals surface area contributed by atoms with Crippen LogP contribution in [0.5, 0.6) is 0 Å². The minimum Gasteiger partial charge on any atom is -0.345 e. The molecule has 0 aliphatic rings. The minimum absolute atomic E-state index is 0.0599. The van der Waals surface area contributed by atoms with Gasteiger partial charge in [0.25, 0.3) is 0 Å². The maximum absolute atomic E-state index is 11.1. The predicted octanol–water partition coefficient (Wildman–Crippen LogP) is 0.653. The number of imidazole rings is 1. The lowest BCUT2D eigenvalue weighted by atomic mass is 10.6. The van der Waals surface area contributed by atoms with Gasteiger partial charge >= 0.3 is 0 Å². The number of hydrogen-bond donors (Lipinski definition) is 1. The van der Waals surface area contributed by atoms with E-state index in [9.17, 15) is 8.42 Å². The molecule has 0 saturated heterocycles. The summed E-state index contributed by atoms with van der Waals surface area (Å²) in [5.74, 6) is 0.978. The summed E-state index contributed by atoms with van der Waals surface area (Å²) in [5, 5.41) is 0. The highest BCUT2D eigenvalue weighted by molar-refractivity contribution is 7.90. The van der Waals surface area contributed by atoms with Gasteiger partial charge in [-0.2, -0.15) is 0 Å². The fourth-order valence-electron chi connectivity index (χ4n) is 0.884. The van der Waals surface area contributed by atoms with Crippen molar-refractivity contribution in [2.75, 3.05) is 5.75 Å². The van der Waals surface area contributed by atoms with E-state index in [2.05, 4.69) is 9.97 Å². The summed E-state index contributed by atoms with van der Waals surface area (Å²) in [4.78, 5) is 6.79. The molecule has 68 valence electrons. The first-order chi connectivity index (χ1) is 5.53. The first-order valence-electron chi connectivity index (χ1n) is 3.74. The largest absolute Gasteiger partial charge is 0.345 e. The third-order valence-electron chi connectivity index (χ3n) is 1.57. The van der Waals surface area contributed by atoms with Crippen LogP contribution in [0, 0.1) is 6.92 Å². The molecule has 12 heavy (non-hydrogen) atoms. The topological polar surface area (TPSA) is 62.8 Å². The van der Waals surface area contributed by atoms with Crippen molar-refractivity contribution in [2.24, 2.45) is 0 Å². The van der Waals surface area contributed by atoms with Gasteiger partial charge in [-0.3, -0.25) is 0 Å². The highest BCUT2D eigenvalue weighted by atomic mass is 32.2. The van der Waals surface area contributed by atoms with Crippen molar-refractivity contribution in [1.82, 2.24) is 9.97 Å². The van der Waals surface area contributed by atoms with Crippen molar-refractivity contribution in [3.05, 3.63) is 17.7 Å². The molecular formula is C7H12N2O2S. The van der Waals surface area contributed by atoms with E-state index in [1.165, 1.54) is 0 Å². The van der Waals surface area contributed by atoms with E-state index in [1.54, 1.807) is 20.0 Å².